The van der Waals surface area contributed by atoms with Crippen LogP contribution in [0.2, 0.25) is 0 Å². The van der Waals surface area contributed by atoms with Gasteiger partial charge in [0.1, 0.15) is 5.75 Å². The highest BCUT2D eigenvalue weighted by Gasteiger charge is 2.12. The predicted molar refractivity (Wildman–Crippen MR) is 75.1 cm³/mol. The quantitative estimate of drug-likeness (QED) is 0.637. The fourth-order valence-electron chi connectivity index (χ4n) is 1.50. The zero-order chi connectivity index (χ0) is 17.2. The molecule has 2 heterocycles. The third kappa shape index (κ3) is 7.47. The summed E-state index contributed by atoms with van der Waals surface area (Å²) in [5, 5.41) is 8.26. The highest BCUT2D eigenvalue weighted by molar-refractivity contribution is 5.72. The van der Waals surface area contributed by atoms with E-state index in [9.17, 15) is 14.4 Å². The Bertz CT molecular complexity index is 529. The van der Waals surface area contributed by atoms with Crippen LogP contribution < -0.4 is 20.9 Å². The summed E-state index contributed by atoms with van der Waals surface area (Å²) >= 11 is 0. The molecule has 0 aromatic carbocycles. The summed E-state index contributed by atoms with van der Waals surface area (Å²) in [4.78, 5) is 36.0. The Labute approximate surface area is 130 Å². The molecule has 11 heteroatoms. The van der Waals surface area contributed by atoms with Crippen LogP contribution in [0.5, 0.6) is 11.6 Å². The molecule has 2 rings (SSSR count). The summed E-state index contributed by atoms with van der Waals surface area (Å²) in [5.41, 5.74) is 9.72. The lowest BCUT2D eigenvalue weighted by Gasteiger charge is -2.24. The number of aromatic nitrogens is 1. The first-order valence-corrected chi connectivity index (χ1v) is 6.34. The van der Waals surface area contributed by atoms with Crippen LogP contribution in [0.25, 0.3) is 0 Å². The van der Waals surface area contributed by atoms with E-state index < -0.39 is 12.2 Å². The van der Waals surface area contributed by atoms with Gasteiger partial charge in [-0.1, -0.05) is 0 Å². The smallest absolute Gasteiger partial charge is 0.449 e. The number of rotatable bonds is 2. The van der Waals surface area contributed by atoms with Crippen LogP contribution >= 0.6 is 0 Å². The van der Waals surface area contributed by atoms with Crippen molar-refractivity contribution in [3.63, 3.8) is 0 Å². The van der Waals surface area contributed by atoms with Crippen LogP contribution in [0.15, 0.2) is 18.3 Å². The number of ether oxygens (including phenoxy) is 3. The van der Waals surface area contributed by atoms with Gasteiger partial charge in [0.2, 0.25) is 5.88 Å². The number of morpholine rings is 1. The third-order valence-corrected chi connectivity index (χ3v) is 2.44. The summed E-state index contributed by atoms with van der Waals surface area (Å²) in [5.74, 6) is -0.139. The van der Waals surface area contributed by atoms with Crippen molar-refractivity contribution in [2.24, 2.45) is 11.5 Å². The van der Waals surface area contributed by atoms with E-state index in [0.717, 1.165) is 6.07 Å². The first kappa shape index (κ1) is 18.0. The molecule has 1 aromatic rings. The van der Waals surface area contributed by atoms with Gasteiger partial charge in [0.25, 0.3) is 0 Å². The number of hydrogen-bond acceptors (Lipinski definition) is 7. The van der Waals surface area contributed by atoms with Crippen molar-refractivity contribution in [1.82, 2.24) is 9.88 Å². The number of primary amides is 2. The number of urea groups is 1. The van der Waals surface area contributed by atoms with Crippen molar-refractivity contribution in [3.8, 4) is 11.6 Å². The lowest BCUT2D eigenvalue weighted by Crippen LogP contribution is -2.43. The summed E-state index contributed by atoms with van der Waals surface area (Å²) in [7, 11) is 0. The Morgan fingerprint density at radius 2 is 1.87 bits per heavy atom. The number of carbonyl (C=O) groups is 3. The zero-order valence-corrected chi connectivity index (χ0v) is 12.0. The lowest BCUT2D eigenvalue weighted by atomic mass is 10.4. The van der Waals surface area contributed by atoms with Crippen molar-refractivity contribution in [3.05, 3.63) is 18.3 Å². The SMILES string of the molecule is NC(=O)N1CCOCC1.NC(=O)Oc1cc(OC(=O)O)ccn1. The third-order valence-electron chi connectivity index (χ3n) is 2.44. The lowest BCUT2D eigenvalue weighted by molar-refractivity contribution is 0.0554. The Hall–Kier alpha value is -3.08. The average molecular weight is 328 g/mol. The fraction of sp³-hybridized carbons (Fsp3) is 0.333. The van der Waals surface area contributed by atoms with Crippen LogP contribution in [-0.2, 0) is 4.74 Å². The standard InChI is InChI=1S/C7H6N2O5.C5H10N2O2/c8-6(10)14-5-3-4(1-2-9-5)13-7(11)12;6-5(8)7-1-3-9-4-2-7/h1-3H,(H2,8,10)(H,11,12);1-4H2,(H2,6,8). The normalized spacial score (nSPS) is 13.3. The number of nitrogens with zero attached hydrogens (tertiary/aromatic N) is 2. The number of pyridine rings is 1. The predicted octanol–water partition coefficient (Wildman–Crippen LogP) is -0.00680. The van der Waals surface area contributed by atoms with E-state index in [1.807, 2.05) is 0 Å². The molecule has 1 saturated heterocycles. The van der Waals surface area contributed by atoms with Crippen molar-refractivity contribution in [1.29, 1.82) is 0 Å². The van der Waals surface area contributed by atoms with Crippen LogP contribution in [0.1, 0.15) is 0 Å². The van der Waals surface area contributed by atoms with E-state index in [2.05, 4.69) is 14.5 Å². The summed E-state index contributed by atoms with van der Waals surface area (Å²) in [6, 6.07) is 2.07. The van der Waals surface area contributed by atoms with Gasteiger partial charge >= 0.3 is 18.3 Å². The summed E-state index contributed by atoms with van der Waals surface area (Å²) < 4.78 is 13.7. The summed E-state index contributed by atoms with van der Waals surface area (Å²) in [6.07, 6.45) is -1.29. The second kappa shape index (κ2) is 9.04. The molecular weight excluding hydrogens is 312 g/mol. The summed E-state index contributed by atoms with van der Waals surface area (Å²) in [6.45, 7) is 2.50. The monoisotopic (exact) mass is 328 g/mol. The van der Waals surface area contributed by atoms with Crippen LogP contribution in [0.3, 0.4) is 0 Å². The van der Waals surface area contributed by atoms with E-state index in [1.54, 1.807) is 4.90 Å². The Kier molecular flexibility index (Phi) is 7.07. The van der Waals surface area contributed by atoms with Crippen LogP contribution in [-0.4, -0.2) is 59.6 Å². The van der Waals surface area contributed by atoms with E-state index in [-0.39, 0.29) is 17.7 Å². The first-order valence-electron chi connectivity index (χ1n) is 6.34. The minimum atomic E-state index is -1.47. The maximum atomic E-state index is 10.4. The largest absolute Gasteiger partial charge is 0.511 e. The van der Waals surface area contributed by atoms with Gasteiger partial charge < -0.3 is 35.7 Å². The molecule has 0 bridgehead atoms. The highest BCUT2D eigenvalue weighted by atomic mass is 16.7. The number of nitrogens with two attached hydrogens (primary N) is 2. The van der Waals surface area contributed by atoms with Gasteiger partial charge in [0, 0.05) is 25.4 Å². The van der Waals surface area contributed by atoms with Gasteiger partial charge in [-0.25, -0.2) is 19.4 Å². The van der Waals surface area contributed by atoms with Gasteiger partial charge in [-0.15, -0.1) is 0 Å². The van der Waals surface area contributed by atoms with Crippen molar-refractivity contribution in [2.45, 2.75) is 0 Å². The molecule has 3 amide bonds. The molecule has 1 aliphatic rings. The molecule has 0 aliphatic carbocycles. The van der Waals surface area contributed by atoms with Crippen molar-refractivity contribution in [2.75, 3.05) is 26.3 Å². The second-order valence-corrected chi connectivity index (χ2v) is 4.06. The number of carboxylic acid groups (broad SMARTS) is 1. The average Bonchev–Trinajstić information content (AvgIpc) is 2.48. The van der Waals surface area contributed by atoms with Gasteiger partial charge in [0.15, 0.2) is 0 Å². The molecule has 1 fully saturated rings. The second-order valence-electron chi connectivity index (χ2n) is 4.06. The molecular formula is C12H16N4O7. The molecule has 0 spiro atoms. The molecule has 126 valence electrons. The number of amides is 3. The van der Waals surface area contributed by atoms with Gasteiger partial charge in [-0.2, -0.15) is 0 Å². The molecule has 0 atom stereocenters. The first-order chi connectivity index (χ1) is 10.9. The zero-order valence-electron chi connectivity index (χ0n) is 12.0. The van der Waals surface area contributed by atoms with Gasteiger partial charge in [-0.3, -0.25) is 0 Å². The number of carbonyl (C=O) groups excluding carboxylic acids is 2. The molecule has 0 radical (unpaired) electrons. The fourth-order valence-corrected chi connectivity index (χ4v) is 1.50. The molecule has 0 saturated carbocycles. The molecule has 1 aromatic heterocycles. The molecule has 23 heavy (non-hydrogen) atoms. The minimum Gasteiger partial charge on any atom is -0.449 e. The Morgan fingerprint density at radius 3 is 2.35 bits per heavy atom. The number of hydrogen-bond donors (Lipinski definition) is 3. The van der Waals surface area contributed by atoms with Gasteiger partial charge in [0.05, 0.1) is 13.2 Å². The highest BCUT2D eigenvalue weighted by Crippen LogP contribution is 2.16. The Balaban J connectivity index is 0.000000253. The molecule has 11 nitrogen and oxygen atoms in total. The maximum Gasteiger partial charge on any atom is 0.511 e. The van der Waals surface area contributed by atoms with E-state index >= 15 is 0 Å². The van der Waals surface area contributed by atoms with Crippen molar-refractivity contribution >= 4 is 18.3 Å². The van der Waals surface area contributed by atoms with E-state index in [4.69, 9.17) is 21.3 Å². The van der Waals surface area contributed by atoms with Crippen molar-refractivity contribution < 1.29 is 33.7 Å². The minimum absolute atomic E-state index is 0.0104. The molecule has 5 N–H and O–H groups in total. The van der Waals surface area contributed by atoms with E-state index in [0.29, 0.717) is 26.3 Å². The van der Waals surface area contributed by atoms with Crippen LogP contribution in [0, 0.1) is 0 Å². The molecule has 0 unspecified atom stereocenters. The topological polar surface area (TPSA) is 167 Å². The van der Waals surface area contributed by atoms with Crippen LogP contribution in [0.4, 0.5) is 14.4 Å². The van der Waals surface area contributed by atoms with Gasteiger partial charge in [-0.05, 0) is 6.07 Å². The molecule has 1 aliphatic heterocycles. The Morgan fingerprint density at radius 1 is 1.22 bits per heavy atom. The maximum absolute atomic E-state index is 10.4. The van der Waals surface area contributed by atoms with E-state index in [1.165, 1.54) is 12.3 Å².